The molecule has 0 aliphatic carbocycles. The molecule has 0 heterocycles. The smallest absolute Gasteiger partial charge is 0.333 e. The lowest BCUT2D eigenvalue weighted by atomic mass is 10.0. The van der Waals surface area contributed by atoms with Gasteiger partial charge in [-0.05, 0) is 25.8 Å². The number of hydrogen-bond donors (Lipinski definition) is 0. The summed E-state index contributed by atoms with van der Waals surface area (Å²) in [6.07, 6.45) is 30.5. The average molecular weight is 497 g/mol. The molecule has 2 nitrogen and oxygen atoms in total. The molecule has 0 aliphatic heterocycles. The highest BCUT2D eigenvalue weighted by atomic mass is 19.1. The Hall–Kier alpha value is -0.860. The van der Waals surface area contributed by atoms with Gasteiger partial charge in [-0.3, -0.25) is 0 Å². The molecule has 0 amide bonds. The van der Waals surface area contributed by atoms with E-state index in [4.69, 9.17) is 4.74 Å². The quantitative estimate of drug-likeness (QED) is 0.0642. The number of carbonyl (C=O) groups excluding carboxylic acids is 1. The zero-order chi connectivity index (χ0) is 25.8. The monoisotopic (exact) mass is 496 g/mol. The molecule has 0 aromatic heterocycles. The molecule has 0 fully saturated rings. The van der Waals surface area contributed by atoms with Crippen LogP contribution in [0.5, 0.6) is 0 Å². The van der Waals surface area contributed by atoms with E-state index in [-0.39, 0.29) is 5.97 Å². The average Bonchev–Trinajstić information content (AvgIpc) is 2.85. The summed E-state index contributed by atoms with van der Waals surface area (Å²) in [5.74, 6) is -0.354. The van der Waals surface area contributed by atoms with Gasteiger partial charge in [0, 0.05) is 5.57 Å². The topological polar surface area (TPSA) is 26.3 Å². The number of unbranched alkanes of at least 4 members (excludes halogenated alkanes) is 21. The molecule has 0 aromatic rings. The molecule has 0 saturated heterocycles. The summed E-state index contributed by atoms with van der Waals surface area (Å²) in [7, 11) is 0. The van der Waals surface area contributed by atoms with Crippen molar-refractivity contribution >= 4 is 5.97 Å². The van der Waals surface area contributed by atoms with Crippen LogP contribution in [0.4, 0.5) is 4.39 Å². The van der Waals surface area contributed by atoms with Crippen molar-refractivity contribution in [2.45, 2.75) is 181 Å². The third kappa shape index (κ3) is 26.0. The van der Waals surface area contributed by atoms with Gasteiger partial charge in [0.2, 0.25) is 0 Å². The predicted molar refractivity (Wildman–Crippen MR) is 152 cm³/mol. The predicted octanol–water partition coefficient (Wildman–Crippen LogP) is 11.2. The first-order valence-corrected chi connectivity index (χ1v) is 15.6. The molecule has 0 radical (unpaired) electrons. The Bertz CT molecular complexity index is 474. The molecule has 0 bridgehead atoms. The van der Waals surface area contributed by atoms with E-state index in [1.165, 1.54) is 128 Å². The van der Waals surface area contributed by atoms with Crippen molar-refractivity contribution in [3.8, 4) is 0 Å². The molecule has 1 unspecified atom stereocenters. The fourth-order valence-corrected chi connectivity index (χ4v) is 4.65. The second-order valence-corrected chi connectivity index (χ2v) is 10.7. The summed E-state index contributed by atoms with van der Waals surface area (Å²) < 4.78 is 19.4. The van der Waals surface area contributed by atoms with Crippen LogP contribution in [-0.2, 0) is 9.53 Å². The second-order valence-electron chi connectivity index (χ2n) is 10.7. The van der Waals surface area contributed by atoms with Crippen molar-refractivity contribution in [2.24, 2.45) is 0 Å². The minimum Gasteiger partial charge on any atom is -0.462 e. The molecule has 0 N–H and O–H groups in total. The van der Waals surface area contributed by atoms with E-state index in [2.05, 4.69) is 13.8 Å². The molecule has 35 heavy (non-hydrogen) atoms. The van der Waals surface area contributed by atoms with E-state index in [0.29, 0.717) is 18.6 Å². The van der Waals surface area contributed by atoms with Crippen LogP contribution >= 0.6 is 0 Å². The number of rotatable bonds is 27. The fourth-order valence-electron chi connectivity index (χ4n) is 4.65. The Morgan fingerprint density at radius 2 is 0.943 bits per heavy atom. The molecule has 3 heteroatoms. The van der Waals surface area contributed by atoms with E-state index in [1.54, 1.807) is 6.92 Å². The number of allylic oxidation sites excluding steroid dienone is 1. The maximum atomic E-state index is 14.1. The van der Waals surface area contributed by atoms with Crippen molar-refractivity contribution in [1.82, 2.24) is 0 Å². The maximum Gasteiger partial charge on any atom is 0.333 e. The standard InChI is InChI=1S/C32H61FO2/c1-4-6-8-10-12-13-14-15-16-17-18-19-20-22-24-26-28-35-32(34)30(3)29-31(33)27-25-23-21-11-9-7-5-2/h29,31H,4-28H2,1-3H3. The van der Waals surface area contributed by atoms with Gasteiger partial charge in [-0.25, -0.2) is 9.18 Å². The maximum absolute atomic E-state index is 14.1. The van der Waals surface area contributed by atoms with Crippen LogP contribution in [0.25, 0.3) is 0 Å². The molecule has 1 atom stereocenters. The van der Waals surface area contributed by atoms with Crippen molar-refractivity contribution < 1.29 is 13.9 Å². The highest BCUT2D eigenvalue weighted by Gasteiger charge is 2.10. The second kappa shape index (κ2) is 27.7. The van der Waals surface area contributed by atoms with Gasteiger partial charge in [-0.15, -0.1) is 0 Å². The van der Waals surface area contributed by atoms with E-state index in [1.807, 2.05) is 0 Å². The first-order chi connectivity index (χ1) is 17.1. The lowest BCUT2D eigenvalue weighted by molar-refractivity contribution is -0.139. The minimum atomic E-state index is -1.03. The van der Waals surface area contributed by atoms with E-state index in [0.717, 1.165) is 25.7 Å². The zero-order valence-corrected chi connectivity index (χ0v) is 24.0. The van der Waals surface area contributed by atoms with Crippen LogP contribution < -0.4 is 0 Å². The van der Waals surface area contributed by atoms with Gasteiger partial charge in [-0.2, -0.15) is 0 Å². The van der Waals surface area contributed by atoms with Gasteiger partial charge < -0.3 is 4.74 Å². The van der Waals surface area contributed by atoms with Crippen LogP contribution in [0.1, 0.15) is 175 Å². The van der Waals surface area contributed by atoms with Crippen molar-refractivity contribution in [3.05, 3.63) is 11.6 Å². The molecule has 0 aliphatic rings. The number of carbonyl (C=O) groups is 1. The number of esters is 1. The lowest BCUT2D eigenvalue weighted by Gasteiger charge is -2.08. The van der Waals surface area contributed by atoms with Crippen LogP contribution in [0, 0.1) is 0 Å². The van der Waals surface area contributed by atoms with Gasteiger partial charge in [0.15, 0.2) is 0 Å². The van der Waals surface area contributed by atoms with Crippen LogP contribution in [0.15, 0.2) is 11.6 Å². The molecular formula is C32H61FO2. The largest absolute Gasteiger partial charge is 0.462 e. The zero-order valence-electron chi connectivity index (χ0n) is 24.0. The molecule has 0 aromatic carbocycles. The van der Waals surface area contributed by atoms with Gasteiger partial charge in [0.25, 0.3) is 0 Å². The van der Waals surface area contributed by atoms with Gasteiger partial charge in [-0.1, -0.05) is 155 Å². The summed E-state index contributed by atoms with van der Waals surface area (Å²) in [6, 6.07) is 0. The fraction of sp³-hybridized carbons (Fsp3) is 0.906. The highest BCUT2D eigenvalue weighted by molar-refractivity contribution is 5.87. The van der Waals surface area contributed by atoms with Crippen LogP contribution in [0.3, 0.4) is 0 Å². The van der Waals surface area contributed by atoms with E-state index in [9.17, 15) is 9.18 Å². The SMILES string of the molecule is CCCCCCCCCCCCCCCCCCOC(=O)C(C)=CC(F)CCCCCCCCC. The molecular weight excluding hydrogens is 435 g/mol. The van der Waals surface area contributed by atoms with Gasteiger partial charge in [0.1, 0.15) is 6.17 Å². The Balaban J connectivity index is 3.46. The van der Waals surface area contributed by atoms with Crippen molar-refractivity contribution in [3.63, 3.8) is 0 Å². The summed E-state index contributed by atoms with van der Waals surface area (Å²) >= 11 is 0. The summed E-state index contributed by atoms with van der Waals surface area (Å²) in [5.41, 5.74) is 0.414. The first kappa shape index (κ1) is 34.1. The lowest BCUT2D eigenvalue weighted by Crippen LogP contribution is -2.09. The van der Waals surface area contributed by atoms with E-state index >= 15 is 0 Å². The van der Waals surface area contributed by atoms with Gasteiger partial charge in [0.05, 0.1) is 6.61 Å². The summed E-state index contributed by atoms with van der Waals surface area (Å²) in [4.78, 5) is 12.1. The highest BCUT2D eigenvalue weighted by Crippen LogP contribution is 2.15. The Labute approximate surface area is 219 Å². The first-order valence-electron chi connectivity index (χ1n) is 15.6. The minimum absolute atomic E-state index is 0.354. The normalized spacial score (nSPS) is 12.7. The van der Waals surface area contributed by atoms with Gasteiger partial charge >= 0.3 is 5.97 Å². The molecule has 0 saturated carbocycles. The molecule has 0 rings (SSSR count). The van der Waals surface area contributed by atoms with Crippen LogP contribution in [-0.4, -0.2) is 18.7 Å². The molecule has 0 spiro atoms. The van der Waals surface area contributed by atoms with E-state index < -0.39 is 6.17 Å². The Morgan fingerprint density at radius 1 is 0.600 bits per heavy atom. The third-order valence-electron chi connectivity index (χ3n) is 7.07. The number of alkyl halides is 1. The summed E-state index contributed by atoms with van der Waals surface area (Å²) in [6.45, 7) is 6.62. The van der Waals surface area contributed by atoms with Crippen LogP contribution in [0.2, 0.25) is 0 Å². The number of ether oxygens (including phenoxy) is 1. The number of halogens is 1. The number of hydrogen-bond acceptors (Lipinski definition) is 2. The third-order valence-corrected chi connectivity index (χ3v) is 7.07. The Kier molecular flexibility index (Phi) is 27.0. The van der Waals surface area contributed by atoms with Crippen molar-refractivity contribution in [2.75, 3.05) is 6.61 Å². The molecule has 208 valence electrons. The van der Waals surface area contributed by atoms with Crippen molar-refractivity contribution in [1.29, 1.82) is 0 Å². The Morgan fingerprint density at radius 3 is 1.34 bits per heavy atom. The summed E-state index contributed by atoms with van der Waals surface area (Å²) in [5, 5.41) is 0.